The van der Waals surface area contributed by atoms with Crippen molar-refractivity contribution in [3.63, 3.8) is 0 Å². The van der Waals surface area contributed by atoms with Gasteiger partial charge in [0.25, 0.3) is 0 Å². The molecule has 1 rings (SSSR count). The van der Waals surface area contributed by atoms with E-state index in [1.54, 1.807) is 6.07 Å². The second-order valence-corrected chi connectivity index (χ2v) is 3.52. The topological polar surface area (TPSA) is 50.1 Å². The molecule has 0 aromatic heterocycles. The summed E-state index contributed by atoms with van der Waals surface area (Å²) in [6.07, 6.45) is 0.205. The van der Waals surface area contributed by atoms with E-state index in [1.165, 1.54) is 12.1 Å². The van der Waals surface area contributed by atoms with E-state index in [4.69, 9.17) is 33.2 Å². The number of halogens is 2. The molecule has 3 nitrogen and oxygen atoms in total. The first-order chi connectivity index (χ1) is 7.13. The Labute approximate surface area is 97.2 Å². The lowest BCUT2D eigenvalue weighted by Gasteiger charge is -2.03. The van der Waals surface area contributed by atoms with Crippen molar-refractivity contribution in [2.24, 2.45) is 0 Å². The fraction of sp³-hybridized carbons (Fsp3) is 0.200. The van der Waals surface area contributed by atoms with E-state index in [1.807, 2.05) is 6.07 Å². The van der Waals surface area contributed by atoms with Crippen LogP contribution >= 0.6 is 23.2 Å². The van der Waals surface area contributed by atoms with Crippen LogP contribution in [-0.4, -0.2) is 5.97 Å². The molecule has 0 unspecified atom stereocenters. The fourth-order valence-corrected chi connectivity index (χ4v) is 1.17. The van der Waals surface area contributed by atoms with E-state index in [0.29, 0.717) is 15.8 Å². The summed E-state index contributed by atoms with van der Waals surface area (Å²) in [7, 11) is 0. The van der Waals surface area contributed by atoms with Gasteiger partial charge in [-0.25, -0.2) is 0 Å². The Hall–Kier alpha value is -1.24. The Morgan fingerprint density at radius 3 is 2.73 bits per heavy atom. The minimum Gasteiger partial charge on any atom is -0.426 e. The van der Waals surface area contributed by atoms with E-state index in [2.05, 4.69) is 0 Å². The van der Waals surface area contributed by atoms with Crippen LogP contribution < -0.4 is 4.74 Å². The molecule has 0 saturated heterocycles. The third-order valence-electron chi connectivity index (χ3n) is 1.56. The normalized spacial score (nSPS) is 9.40. The number of nitrogens with zero attached hydrogens (tertiary/aromatic N) is 1. The largest absolute Gasteiger partial charge is 0.426 e. The van der Waals surface area contributed by atoms with Gasteiger partial charge in [-0.2, -0.15) is 5.26 Å². The highest BCUT2D eigenvalue weighted by molar-refractivity contribution is 6.42. The molecule has 0 radical (unpaired) electrons. The summed E-state index contributed by atoms with van der Waals surface area (Å²) < 4.78 is 4.92. The minimum atomic E-state index is -0.463. The maximum atomic E-state index is 11.1. The van der Waals surface area contributed by atoms with Crippen LogP contribution in [0.4, 0.5) is 0 Å². The molecule has 0 amide bonds. The molecule has 0 saturated carbocycles. The molecule has 0 atom stereocenters. The van der Waals surface area contributed by atoms with Gasteiger partial charge in [0.2, 0.25) is 0 Å². The van der Waals surface area contributed by atoms with E-state index < -0.39 is 5.97 Å². The monoisotopic (exact) mass is 243 g/mol. The van der Waals surface area contributed by atoms with E-state index in [0.717, 1.165) is 0 Å². The molecule has 1 aromatic rings. The summed E-state index contributed by atoms with van der Waals surface area (Å²) in [5.74, 6) is -0.137. The fourth-order valence-electron chi connectivity index (χ4n) is 0.881. The minimum absolute atomic E-state index is 0.0662. The Kier molecular flexibility index (Phi) is 4.41. The molecule has 15 heavy (non-hydrogen) atoms. The molecule has 0 fully saturated rings. The maximum absolute atomic E-state index is 11.1. The van der Waals surface area contributed by atoms with Gasteiger partial charge in [-0.1, -0.05) is 23.2 Å². The third-order valence-corrected chi connectivity index (χ3v) is 2.30. The van der Waals surface area contributed by atoms with Crippen LogP contribution in [0.25, 0.3) is 0 Å². The summed E-state index contributed by atoms with van der Waals surface area (Å²) >= 11 is 11.4. The number of rotatable bonds is 3. The van der Waals surface area contributed by atoms with Crippen LogP contribution in [0, 0.1) is 11.3 Å². The van der Waals surface area contributed by atoms with E-state index in [-0.39, 0.29) is 12.8 Å². The highest BCUT2D eigenvalue weighted by Gasteiger charge is 2.06. The zero-order valence-corrected chi connectivity index (χ0v) is 9.18. The summed E-state index contributed by atoms with van der Waals surface area (Å²) in [4.78, 5) is 11.1. The van der Waals surface area contributed by atoms with Gasteiger partial charge in [0.15, 0.2) is 0 Å². The highest BCUT2D eigenvalue weighted by Crippen LogP contribution is 2.26. The molecule has 1 aromatic carbocycles. The number of ether oxygens (including phenoxy) is 1. The van der Waals surface area contributed by atoms with Gasteiger partial charge in [0, 0.05) is 12.5 Å². The molecule has 0 aliphatic heterocycles. The van der Waals surface area contributed by atoms with E-state index in [9.17, 15) is 4.79 Å². The molecule has 0 aliphatic rings. The smallest absolute Gasteiger partial charge is 0.312 e. The second kappa shape index (κ2) is 5.59. The zero-order chi connectivity index (χ0) is 11.3. The van der Waals surface area contributed by atoms with Crippen molar-refractivity contribution in [1.29, 1.82) is 5.26 Å². The lowest BCUT2D eigenvalue weighted by atomic mass is 10.3. The predicted molar refractivity (Wildman–Crippen MR) is 56.9 cm³/mol. The quantitative estimate of drug-likeness (QED) is 0.605. The summed E-state index contributed by atoms with van der Waals surface area (Å²) in [6, 6.07) is 6.39. The Balaban J connectivity index is 2.62. The van der Waals surface area contributed by atoms with Crippen molar-refractivity contribution in [1.82, 2.24) is 0 Å². The zero-order valence-electron chi connectivity index (χ0n) is 7.67. The molecule has 0 N–H and O–H groups in total. The number of benzene rings is 1. The summed E-state index contributed by atoms with van der Waals surface area (Å²) in [5, 5.41) is 8.98. The molecule has 0 heterocycles. The van der Waals surface area contributed by atoms with Crippen LogP contribution in [0.1, 0.15) is 12.8 Å². The lowest BCUT2D eigenvalue weighted by Crippen LogP contribution is -2.06. The van der Waals surface area contributed by atoms with Gasteiger partial charge in [-0.05, 0) is 12.1 Å². The number of carbonyl (C=O) groups excluding carboxylic acids is 1. The van der Waals surface area contributed by atoms with Gasteiger partial charge in [0.05, 0.1) is 22.5 Å². The number of hydrogen-bond donors (Lipinski definition) is 0. The number of esters is 1. The standard InChI is InChI=1S/C10H7Cl2NO2/c11-8-4-3-7(6-9(8)12)15-10(14)2-1-5-13/h3-4,6H,1-2H2. The van der Waals surface area contributed by atoms with Crippen molar-refractivity contribution in [2.75, 3.05) is 0 Å². The first kappa shape index (κ1) is 11.8. The van der Waals surface area contributed by atoms with Gasteiger partial charge in [0.1, 0.15) is 5.75 Å². The number of carbonyl (C=O) groups is 1. The van der Waals surface area contributed by atoms with Crippen LogP contribution in [0.3, 0.4) is 0 Å². The number of nitriles is 1. The van der Waals surface area contributed by atoms with Crippen LogP contribution in [-0.2, 0) is 4.79 Å². The summed E-state index contributed by atoms with van der Waals surface area (Å²) in [5.41, 5.74) is 0. The average molecular weight is 244 g/mol. The molecule has 0 bridgehead atoms. The van der Waals surface area contributed by atoms with Crippen molar-refractivity contribution < 1.29 is 9.53 Å². The molecule has 0 aliphatic carbocycles. The lowest BCUT2D eigenvalue weighted by molar-refractivity contribution is -0.134. The van der Waals surface area contributed by atoms with Crippen molar-refractivity contribution >= 4 is 29.2 Å². The Bertz CT molecular complexity index is 412. The summed E-state index contributed by atoms with van der Waals surface area (Å²) in [6.45, 7) is 0. The maximum Gasteiger partial charge on any atom is 0.312 e. The molecule has 5 heteroatoms. The van der Waals surface area contributed by atoms with Crippen molar-refractivity contribution in [3.8, 4) is 11.8 Å². The Morgan fingerprint density at radius 2 is 2.13 bits per heavy atom. The predicted octanol–water partition coefficient (Wildman–Crippen LogP) is 3.20. The van der Waals surface area contributed by atoms with Crippen LogP contribution in [0.5, 0.6) is 5.75 Å². The molecular formula is C10H7Cl2NO2. The van der Waals surface area contributed by atoms with Crippen LogP contribution in [0.2, 0.25) is 10.0 Å². The molecule has 0 spiro atoms. The van der Waals surface area contributed by atoms with E-state index >= 15 is 0 Å². The number of hydrogen-bond acceptors (Lipinski definition) is 3. The van der Waals surface area contributed by atoms with Gasteiger partial charge in [-0.3, -0.25) is 4.79 Å². The Morgan fingerprint density at radius 1 is 1.40 bits per heavy atom. The second-order valence-electron chi connectivity index (χ2n) is 2.71. The first-order valence-corrected chi connectivity index (χ1v) is 4.92. The van der Waals surface area contributed by atoms with Gasteiger partial charge in [-0.15, -0.1) is 0 Å². The van der Waals surface area contributed by atoms with Crippen LogP contribution in [0.15, 0.2) is 18.2 Å². The van der Waals surface area contributed by atoms with Gasteiger partial charge < -0.3 is 4.74 Å². The first-order valence-electron chi connectivity index (χ1n) is 4.16. The van der Waals surface area contributed by atoms with Crippen molar-refractivity contribution in [3.05, 3.63) is 28.2 Å². The van der Waals surface area contributed by atoms with Gasteiger partial charge >= 0.3 is 5.97 Å². The van der Waals surface area contributed by atoms with Crippen molar-refractivity contribution in [2.45, 2.75) is 12.8 Å². The third kappa shape index (κ3) is 3.78. The highest BCUT2D eigenvalue weighted by atomic mass is 35.5. The SMILES string of the molecule is N#CCCC(=O)Oc1ccc(Cl)c(Cl)c1. The average Bonchev–Trinajstić information content (AvgIpc) is 2.20. The molecule has 78 valence electrons. The molecular weight excluding hydrogens is 237 g/mol.